The molecule has 4 N–H and O–H groups in total. The van der Waals surface area contributed by atoms with Crippen molar-refractivity contribution >= 4 is 11.9 Å². The molecule has 0 atom stereocenters. The zero-order valence-electron chi connectivity index (χ0n) is 16.5. The molecule has 1 heterocycles. The zero-order valence-corrected chi connectivity index (χ0v) is 16.5. The van der Waals surface area contributed by atoms with Crippen LogP contribution in [0, 0.1) is 0 Å². The van der Waals surface area contributed by atoms with E-state index in [0.29, 0.717) is 12.1 Å². The van der Waals surface area contributed by atoms with Crippen LogP contribution in [0.1, 0.15) is 28.4 Å². The fraction of sp³-hybridized carbons (Fsp3) is 0.227. The fourth-order valence-electron chi connectivity index (χ4n) is 2.85. The number of aliphatic imine (C=N–C) groups is 1. The van der Waals surface area contributed by atoms with Gasteiger partial charge in [-0.3, -0.25) is 4.79 Å². The first kappa shape index (κ1) is 20.1. The van der Waals surface area contributed by atoms with Gasteiger partial charge >= 0.3 is 0 Å². The monoisotopic (exact) mass is 390 g/mol. The van der Waals surface area contributed by atoms with E-state index in [1.54, 1.807) is 18.3 Å². The Morgan fingerprint density at radius 2 is 1.79 bits per heavy atom. The third-order valence-corrected chi connectivity index (χ3v) is 4.41. The van der Waals surface area contributed by atoms with Gasteiger partial charge in [0.15, 0.2) is 5.96 Å². The normalized spacial score (nSPS) is 11.3. The third kappa shape index (κ3) is 5.93. The number of aromatic nitrogens is 2. The predicted molar refractivity (Wildman–Crippen MR) is 115 cm³/mol. The molecule has 0 aliphatic rings. The van der Waals surface area contributed by atoms with E-state index >= 15 is 0 Å². The van der Waals surface area contributed by atoms with Gasteiger partial charge in [-0.2, -0.15) is 5.10 Å². The van der Waals surface area contributed by atoms with E-state index in [0.717, 1.165) is 36.7 Å². The molecule has 0 aliphatic carbocycles. The molecule has 0 saturated heterocycles. The number of amides is 1. The van der Waals surface area contributed by atoms with Crippen LogP contribution in [0.5, 0.6) is 0 Å². The Balaban J connectivity index is 1.52. The molecule has 2 aromatic carbocycles. The summed E-state index contributed by atoms with van der Waals surface area (Å²) in [5.74, 6) is 0.340. The second kappa shape index (κ2) is 10.1. The second-order valence-electron chi connectivity index (χ2n) is 6.55. The van der Waals surface area contributed by atoms with Gasteiger partial charge in [-0.1, -0.05) is 24.3 Å². The Labute approximate surface area is 170 Å². The Bertz CT molecular complexity index is 930. The van der Waals surface area contributed by atoms with E-state index in [9.17, 15) is 4.79 Å². The summed E-state index contributed by atoms with van der Waals surface area (Å²) in [5.41, 5.74) is 9.07. The molecule has 0 unspecified atom stereocenters. The smallest absolute Gasteiger partial charge is 0.248 e. The number of hydrogen-bond donors (Lipinski definition) is 3. The van der Waals surface area contributed by atoms with Gasteiger partial charge in [0.25, 0.3) is 0 Å². The Hall–Kier alpha value is -3.61. The van der Waals surface area contributed by atoms with Gasteiger partial charge in [0, 0.05) is 31.0 Å². The number of primary amides is 1. The SMILES string of the molecule is CCNC(=NCc1ccc(C(N)=O)cc1)NCCc1ccc(-n2cccn2)cc1. The standard InChI is InChI=1S/C22H26N6O/c1-2-24-22(26-16-18-4-8-19(9-5-18)21(23)29)25-14-12-17-6-10-20(11-7-17)28-15-3-13-27-28/h3-11,13,15H,2,12,14,16H2,1H3,(H2,23,29)(H2,24,25,26). The maximum absolute atomic E-state index is 11.1. The lowest BCUT2D eigenvalue weighted by molar-refractivity contribution is 0.100. The number of hydrogen-bond acceptors (Lipinski definition) is 3. The minimum Gasteiger partial charge on any atom is -0.366 e. The Kier molecular flexibility index (Phi) is 7.00. The van der Waals surface area contributed by atoms with Gasteiger partial charge < -0.3 is 16.4 Å². The first-order valence-corrected chi connectivity index (χ1v) is 9.65. The van der Waals surface area contributed by atoms with Crippen LogP contribution < -0.4 is 16.4 Å². The Morgan fingerprint density at radius 3 is 2.41 bits per heavy atom. The summed E-state index contributed by atoms with van der Waals surface area (Å²) >= 11 is 0. The van der Waals surface area contributed by atoms with Crippen LogP contribution in [0.15, 0.2) is 72.0 Å². The van der Waals surface area contributed by atoms with Crippen molar-refractivity contribution < 1.29 is 4.79 Å². The zero-order chi connectivity index (χ0) is 20.5. The van der Waals surface area contributed by atoms with Crippen molar-refractivity contribution in [2.45, 2.75) is 19.9 Å². The van der Waals surface area contributed by atoms with Crippen LogP contribution in [0.2, 0.25) is 0 Å². The largest absolute Gasteiger partial charge is 0.366 e. The summed E-state index contributed by atoms with van der Waals surface area (Å²) in [6.07, 6.45) is 4.58. The molecule has 0 bridgehead atoms. The average Bonchev–Trinajstić information content (AvgIpc) is 3.28. The molecule has 1 aromatic heterocycles. The predicted octanol–water partition coefficient (Wildman–Crippen LogP) is 2.27. The second-order valence-corrected chi connectivity index (χ2v) is 6.55. The molecule has 0 saturated carbocycles. The number of nitrogens with one attached hydrogen (secondary N) is 2. The van der Waals surface area contributed by atoms with Crippen molar-refractivity contribution in [3.05, 3.63) is 83.7 Å². The lowest BCUT2D eigenvalue weighted by Crippen LogP contribution is -2.38. The molecular weight excluding hydrogens is 364 g/mol. The molecule has 0 aliphatic heterocycles. The molecular formula is C22H26N6O. The highest BCUT2D eigenvalue weighted by molar-refractivity contribution is 5.92. The van der Waals surface area contributed by atoms with Crippen LogP contribution in [-0.4, -0.2) is 34.7 Å². The van der Waals surface area contributed by atoms with E-state index < -0.39 is 5.91 Å². The molecule has 3 aromatic rings. The molecule has 0 fully saturated rings. The minimum atomic E-state index is -0.423. The van der Waals surface area contributed by atoms with Crippen molar-refractivity contribution in [2.75, 3.05) is 13.1 Å². The summed E-state index contributed by atoms with van der Waals surface area (Å²) in [5, 5.41) is 10.8. The summed E-state index contributed by atoms with van der Waals surface area (Å²) in [7, 11) is 0. The van der Waals surface area contributed by atoms with Gasteiger partial charge in [0.1, 0.15) is 0 Å². The van der Waals surface area contributed by atoms with Crippen LogP contribution >= 0.6 is 0 Å². The quantitative estimate of drug-likeness (QED) is 0.406. The van der Waals surface area contributed by atoms with Crippen LogP contribution in [0.4, 0.5) is 0 Å². The van der Waals surface area contributed by atoms with Crippen molar-refractivity contribution in [1.82, 2.24) is 20.4 Å². The van der Waals surface area contributed by atoms with E-state index in [-0.39, 0.29) is 0 Å². The van der Waals surface area contributed by atoms with Gasteiger partial charge in [0.2, 0.25) is 5.91 Å². The van der Waals surface area contributed by atoms with E-state index in [1.807, 2.05) is 36.0 Å². The molecule has 0 spiro atoms. The maximum atomic E-state index is 11.1. The van der Waals surface area contributed by atoms with Crippen molar-refractivity contribution in [1.29, 1.82) is 0 Å². The highest BCUT2D eigenvalue weighted by Gasteiger charge is 2.02. The molecule has 1 amide bonds. The van der Waals surface area contributed by atoms with Crippen molar-refractivity contribution in [3.63, 3.8) is 0 Å². The summed E-state index contributed by atoms with van der Waals surface area (Å²) < 4.78 is 1.84. The van der Waals surface area contributed by atoms with E-state index in [4.69, 9.17) is 5.73 Å². The first-order chi connectivity index (χ1) is 14.2. The topological polar surface area (TPSA) is 97.3 Å². The number of benzene rings is 2. The first-order valence-electron chi connectivity index (χ1n) is 9.65. The number of carbonyl (C=O) groups is 1. The maximum Gasteiger partial charge on any atom is 0.248 e. The molecule has 7 heteroatoms. The van der Waals surface area contributed by atoms with Crippen LogP contribution in [0.25, 0.3) is 5.69 Å². The number of rotatable bonds is 8. The third-order valence-electron chi connectivity index (χ3n) is 4.41. The minimum absolute atomic E-state index is 0.423. The van der Waals surface area contributed by atoms with Crippen LogP contribution in [-0.2, 0) is 13.0 Å². The highest BCUT2D eigenvalue weighted by atomic mass is 16.1. The van der Waals surface area contributed by atoms with E-state index in [2.05, 4.69) is 45.0 Å². The average molecular weight is 390 g/mol. The number of carbonyl (C=O) groups excluding carboxylic acids is 1. The molecule has 0 radical (unpaired) electrons. The lowest BCUT2D eigenvalue weighted by Gasteiger charge is -2.12. The number of nitrogens with two attached hydrogens (primary N) is 1. The molecule has 3 rings (SSSR count). The van der Waals surface area contributed by atoms with Crippen molar-refractivity contribution in [2.24, 2.45) is 10.7 Å². The number of guanidine groups is 1. The lowest BCUT2D eigenvalue weighted by atomic mass is 10.1. The highest BCUT2D eigenvalue weighted by Crippen LogP contribution is 2.09. The van der Waals surface area contributed by atoms with Gasteiger partial charge in [-0.05, 0) is 54.8 Å². The summed E-state index contributed by atoms with van der Waals surface area (Å²) in [4.78, 5) is 15.8. The molecule has 29 heavy (non-hydrogen) atoms. The number of nitrogens with zero attached hydrogens (tertiary/aromatic N) is 3. The molecule has 7 nitrogen and oxygen atoms in total. The van der Waals surface area contributed by atoms with Gasteiger partial charge in [-0.25, -0.2) is 9.67 Å². The summed E-state index contributed by atoms with van der Waals surface area (Å²) in [6.45, 7) is 4.11. The fourth-order valence-corrected chi connectivity index (χ4v) is 2.85. The molecule has 150 valence electrons. The van der Waals surface area contributed by atoms with Gasteiger partial charge in [-0.15, -0.1) is 0 Å². The summed E-state index contributed by atoms with van der Waals surface area (Å²) in [6, 6.07) is 17.5. The van der Waals surface area contributed by atoms with Crippen LogP contribution in [0.3, 0.4) is 0 Å². The van der Waals surface area contributed by atoms with E-state index in [1.165, 1.54) is 5.56 Å². The van der Waals surface area contributed by atoms with Gasteiger partial charge in [0.05, 0.1) is 12.2 Å². The van der Waals surface area contributed by atoms with Crippen molar-refractivity contribution in [3.8, 4) is 5.69 Å². The Morgan fingerprint density at radius 1 is 1.07 bits per heavy atom.